The molecule has 36 valence electrons. The van der Waals surface area contributed by atoms with Gasteiger partial charge in [0.15, 0.2) is 0 Å². The molecule has 3 heteroatoms. The van der Waals surface area contributed by atoms with Crippen molar-refractivity contribution in [3.8, 4) is 0 Å². The molecule has 0 aromatic heterocycles. The lowest BCUT2D eigenvalue weighted by molar-refractivity contribution is 0.612. The van der Waals surface area contributed by atoms with Crippen LogP contribution >= 0.6 is 12.2 Å². The summed E-state index contributed by atoms with van der Waals surface area (Å²) in [4.78, 5) is 0. The molecule has 0 rings (SSSR count). The third-order valence-corrected chi connectivity index (χ3v) is 1.76. The molecule has 0 radical (unpaired) electrons. The topological polar surface area (TPSA) is 9.23 Å². The van der Waals surface area contributed by atoms with Gasteiger partial charge in [-0.15, -0.1) is 0 Å². The van der Waals surface area contributed by atoms with Crippen molar-refractivity contribution < 1.29 is 4.43 Å². The largest absolute Gasteiger partial charge is 0.549 e. The molecule has 0 atom stereocenters. The molecule has 6 heavy (non-hydrogen) atoms. The van der Waals surface area contributed by atoms with Crippen LogP contribution in [-0.4, -0.2) is 15.5 Å². The van der Waals surface area contributed by atoms with E-state index in [9.17, 15) is 0 Å². The minimum absolute atomic E-state index is 0.738. The molecule has 0 aliphatic rings. The van der Waals surface area contributed by atoms with Crippen LogP contribution in [0.4, 0.5) is 0 Å². The van der Waals surface area contributed by atoms with E-state index in [1.807, 2.05) is 6.92 Å². The zero-order chi connectivity index (χ0) is 4.99. The van der Waals surface area contributed by atoms with E-state index in [2.05, 4.69) is 12.2 Å². The summed E-state index contributed by atoms with van der Waals surface area (Å²) in [6.07, 6.45) is 0.874. The van der Waals surface area contributed by atoms with Gasteiger partial charge < -0.3 is 4.43 Å². The molecule has 0 aliphatic heterocycles. The van der Waals surface area contributed by atoms with Crippen molar-refractivity contribution in [2.24, 2.45) is 0 Å². The molecule has 0 fully saturated rings. The van der Waals surface area contributed by atoms with Crippen LogP contribution in [0.1, 0.15) is 13.3 Å². The van der Waals surface area contributed by atoms with Crippen molar-refractivity contribution in [3.05, 3.63) is 0 Å². The average molecular weight is 120 g/mol. The Balaban J connectivity index is 2.99. The van der Waals surface area contributed by atoms with Crippen LogP contribution in [0.2, 0.25) is 0 Å². The molecule has 0 saturated heterocycles. The van der Waals surface area contributed by atoms with E-state index in [4.69, 9.17) is 4.43 Å². The highest BCUT2D eigenvalue weighted by Crippen LogP contribution is 1.81. The molecule has 0 spiro atoms. The van der Waals surface area contributed by atoms with Crippen molar-refractivity contribution in [1.29, 1.82) is 0 Å². The second kappa shape index (κ2) is 3.30. The standard InChI is InChI=1S/C3H8OSSi/c1-2-3(5)4-6/h2H2,1,6H3. The first-order valence-corrected chi connectivity index (χ1v) is 3.10. The zero-order valence-electron chi connectivity index (χ0n) is 4.02. The van der Waals surface area contributed by atoms with Gasteiger partial charge in [-0.3, -0.25) is 0 Å². The molecular weight excluding hydrogens is 112 g/mol. The summed E-state index contributed by atoms with van der Waals surface area (Å²) in [5.74, 6) is 0. The average Bonchev–Trinajstić information content (AvgIpc) is 1.65. The van der Waals surface area contributed by atoms with Crippen molar-refractivity contribution >= 4 is 27.8 Å². The van der Waals surface area contributed by atoms with Gasteiger partial charge in [-0.2, -0.15) is 0 Å². The first kappa shape index (κ1) is 6.11. The van der Waals surface area contributed by atoms with Crippen LogP contribution < -0.4 is 0 Å². The maximum Gasteiger partial charge on any atom is 0.204 e. The first-order valence-electron chi connectivity index (χ1n) is 1.88. The molecule has 0 heterocycles. The Morgan fingerprint density at radius 1 is 2.00 bits per heavy atom. The third-order valence-electron chi connectivity index (χ3n) is 0.516. The van der Waals surface area contributed by atoms with Gasteiger partial charge in [0.05, 0.1) is 0 Å². The smallest absolute Gasteiger partial charge is 0.204 e. The van der Waals surface area contributed by atoms with E-state index in [0.717, 1.165) is 22.0 Å². The van der Waals surface area contributed by atoms with Crippen LogP contribution in [0.25, 0.3) is 0 Å². The Labute approximate surface area is 46.2 Å². The predicted molar refractivity (Wildman–Crippen MR) is 33.9 cm³/mol. The second-order valence-corrected chi connectivity index (χ2v) is 1.79. The highest BCUT2D eigenvalue weighted by Gasteiger charge is 1.80. The molecule has 0 aliphatic carbocycles. The van der Waals surface area contributed by atoms with Crippen molar-refractivity contribution in [1.82, 2.24) is 0 Å². The van der Waals surface area contributed by atoms with Gasteiger partial charge in [0.2, 0.25) is 10.5 Å². The maximum absolute atomic E-state index is 4.77. The summed E-state index contributed by atoms with van der Waals surface area (Å²) in [7, 11) is 0.741. The minimum Gasteiger partial charge on any atom is -0.549 e. The first-order chi connectivity index (χ1) is 2.81. The summed E-state index contributed by atoms with van der Waals surface area (Å²) in [5.41, 5.74) is 0. The van der Waals surface area contributed by atoms with E-state index in [0.29, 0.717) is 0 Å². The molecule has 0 aromatic carbocycles. The van der Waals surface area contributed by atoms with Gasteiger partial charge in [-0.1, -0.05) is 6.92 Å². The molecule has 0 aromatic rings. The van der Waals surface area contributed by atoms with Crippen LogP contribution in [0.3, 0.4) is 0 Å². The Bertz CT molecular complexity index is 48.8. The van der Waals surface area contributed by atoms with E-state index in [-0.39, 0.29) is 0 Å². The van der Waals surface area contributed by atoms with Crippen LogP contribution in [0.5, 0.6) is 0 Å². The lowest BCUT2D eigenvalue weighted by Gasteiger charge is -1.93. The van der Waals surface area contributed by atoms with Crippen LogP contribution in [0, 0.1) is 0 Å². The quantitative estimate of drug-likeness (QED) is 0.356. The van der Waals surface area contributed by atoms with Gasteiger partial charge in [0, 0.05) is 6.42 Å². The molecule has 0 amide bonds. The lowest BCUT2D eigenvalue weighted by Crippen LogP contribution is -1.93. The van der Waals surface area contributed by atoms with Crippen molar-refractivity contribution in [3.63, 3.8) is 0 Å². The van der Waals surface area contributed by atoms with E-state index >= 15 is 0 Å². The predicted octanol–water partition coefficient (Wildman–Crippen LogP) is 0.0208. The zero-order valence-corrected chi connectivity index (χ0v) is 6.84. The molecule has 0 unspecified atom stereocenters. The number of hydrogen-bond acceptors (Lipinski definition) is 2. The van der Waals surface area contributed by atoms with E-state index in [1.54, 1.807) is 0 Å². The minimum atomic E-state index is 0.738. The highest BCUT2D eigenvalue weighted by molar-refractivity contribution is 7.80. The summed E-state index contributed by atoms with van der Waals surface area (Å²) < 4.78 is 4.77. The summed E-state index contributed by atoms with van der Waals surface area (Å²) in [6, 6.07) is 0. The van der Waals surface area contributed by atoms with E-state index in [1.165, 1.54) is 0 Å². The van der Waals surface area contributed by atoms with Crippen LogP contribution in [0.15, 0.2) is 0 Å². The highest BCUT2D eigenvalue weighted by atomic mass is 32.1. The van der Waals surface area contributed by atoms with Gasteiger partial charge in [0.25, 0.3) is 0 Å². The molecule has 0 bridgehead atoms. The molecule has 0 N–H and O–H groups in total. The Kier molecular flexibility index (Phi) is 3.36. The van der Waals surface area contributed by atoms with Gasteiger partial charge in [-0.25, -0.2) is 0 Å². The summed E-state index contributed by atoms with van der Waals surface area (Å²) >= 11 is 4.67. The third kappa shape index (κ3) is 2.35. The Hall–Kier alpha value is 0.107. The lowest BCUT2D eigenvalue weighted by atomic mass is 10.5. The second-order valence-electron chi connectivity index (χ2n) is 0.930. The van der Waals surface area contributed by atoms with Gasteiger partial charge in [0.1, 0.15) is 5.05 Å². The number of rotatable bonds is 1. The SMILES string of the molecule is CCC(=S)O[SiH3]. The molecular formula is C3H8OSSi. The van der Waals surface area contributed by atoms with Gasteiger partial charge in [-0.05, 0) is 12.2 Å². The normalized spacial score (nSPS) is 8.17. The monoisotopic (exact) mass is 120 g/mol. The van der Waals surface area contributed by atoms with Crippen LogP contribution in [-0.2, 0) is 4.43 Å². The summed E-state index contributed by atoms with van der Waals surface area (Å²) in [6.45, 7) is 1.99. The Morgan fingerprint density at radius 2 is 2.50 bits per heavy atom. The molecule has 0 saturated carbocycles. The fourth-order valence-electron chi connectivity index (χ4n) is 0.144. The van der Waals surface area contributed by atoms with E-state index < -0.39 is 0 Å². The summed E-state index contributed by atoms with van der Waals surface area (Å²) in [5, 5.41) is 0.738. The van der Waals surface area contributed by atoms with Crippen molar-refractivity contribution in [2.45, 2.75) is 13.3 Å². The Morgan fingerprint density at radius 3 is 2.50 bits per heavy atom. The molecule has 1 nitrogen and oxygen atoms in total. The fraction of sp³-hybridized carbons (Fsp3) is 0.667. The fourth-order valence-corrected chi connectivity index (χ4v) is 0.433. The maximum atomic E-state index is 4.77. The number of thiocarbonyl (C=S) groups is 1. The van der Waals surface area contributed by atoms with Gasteiger partial charge >= 0.3 is 0 Å². The van der Waals surface area contributed by atoms with Crippen molar-refractivity contribution in [2.75, 3.05) is 0 Å². The number of hydrogen-bond donors (Lipinski definition) is 0.